The number of aliphatic hydroxyl groups is 18. The van der Waals surface area contributed by atoms with Crippen molar-refractivity contribution in [3.8, 4) is 5.75 Å². The van der Waals surface area contributed by atoms with Crippen LogP contribution < -0.4 is 4.74 Å². The summed E-state index contributed by atoms with van der Waals surface area (Å²) in [6.07, 6.45) is -58.3. The molecule has 0 radical (unpaired) electrons. The summed E-state index contributed by atoms with van der Waals surface area (Å²) in [5.41, 5.74) is 0. The van der Waals surface area contributed by atoms with Gasteiger partial charge in [0.2, 0.25) is 0 Å². The Morgan fingerprint density at radius 3 is 1.28 bits per heavy atom. The van der Waals surface area contributed by atoms with Gasteiger partial charge >= 0.3 is 5.97 Å². The second kappa shape index (κ2) is 36.0. The molecule has 0 aliphatic carbocycles. The standard InChI is InChI=1S/C62H102O34/c1-7-16-30(18-13-10-8-9-12-17-29(65)21-34(66)87-31-19-14-11-15-20-31)88-60-53(43(75)37(69)26(4)85-60)96-62-55(45(77)40(72)33(23-64)90-62)95-59-49(81)52(50(28(6)86-59)91-56-46(78)41(73)35(67)24(2)82-56)93-61-54(44(76)39(71)32(22-63)89-61)94-58-48(80)51(38(70)27(5)84-58)92-57-47(79)42(74)36(68)25(3)83-57/h11,14-15,19-20,24-30,32-33,35-65,67-81H,7-10,12-13,16-18,21-23H2,1-6H3/t24-,25-,26-,27-,28+,29+,30+,32-,33-,35+,36+,37+,38-,39-,40-,41+,42+,43+,44+,45+,46-,47-,48-,49-,50+,51+,52+,53-,54-,55-,56+,57+,58+,59+,60+,61+,62+/m1/s1. The maximum atomic E-state index is 12.6. The van der Waals surface area contributed by atoms with Crippen LogP contribution in [0.15, 0.2) is 30.3 Å². The average Bonchev–Trinajstić information content (AvgIpc) is 0.769. The maximum Gasteiger partial charge on any atom is 0.313 e. The molecule has 7 aliphatic rings. The van der Waals surface area contributed by atoms with Crippen LogP contribution in [0.5, 0.6) is 5.75 Å². The zero-order valence-corrected chi connectivity index (χ0v) is 54.3. The van der Waals surface area contributed by atoms with Gasteiger partial charge < -0.3 is 163 Å². The molecular weight excluding hydrogens is 1290 g/mol. The van der Waals surface area contributed by atoms with Crippen LogP contribution in [-0.4, -0.2) is 338 Å². The van der Waals surface area contributed by atoms with Crippen molar-refractivity contribution in [3.63, 3.8) is 0 Å². The molecule has 18 N–H and O–H groups in total. The molecule has 34 heteroatoms. The van der Waals surface area contributed by atoms with Crippen molar-refractivity contribution in [2.75, 3.05) is 13.2 Å². The Hall–Kier alpha value is -2.59. The predicted octanol–water partition coefficient (Wildman–Crippen LogP) is -5.86. The molecule has 7 fully saturated rings. The molecule has 1 aromatic carbocycles. The van der Waals surface area contributed by atoms with E-state index in [0.717, 1.165) is 19.3 Å². The predicted molar refractivity (Wildman–Crippen MR) is 317 cm³/mol. The largest absolute Gasteiger partial charge is 0.426 e. The lowest BCUT2D eigenvalue weighted by molar-refractivity contribution is -0.415. The summed E-state index contributed by atoms with van der Waals surface area (Å²) in [6.45, 7) is 6.85. The smallest absolute Gasteiger partial charge is 0.313 e. The first-order valence-electron chi connectivity index (χ1n) is 33.1. The Morgan fingerprint density at radius 1 is 0.385 bits per heavy atom. The van der Waals surface area contributed by atoms with E-state index in [4.69, 9.17) is 71.1 Å². The van der Waals surface area contributed by atoms with Crippen LogP contribution in [0.4, 0.5) is 0 Å². The van der Waals surface area contributed by atoms with Crippen LogP contribution in [0.2, 0.25) is 0 Å². The van der Waals surface area contributed by atoms with Crippen LogP contribution >= 0.6 is 0 Å². The highest BCUT2D eigenvalue weighted by Crippen LogP contribution is 2.40. The topological polar surface area (TPSA) is 520 Å². The number of rotatable bonds is 29. The van der Waals surface area contributed by atoms with E-state index < -0.39 is 246 Å². The zero-order chi connectivity index (χ0) is 70.1. The Bertz CT molecular complexity index is 2450. The third-order valence-electron chi connectivity index (χ3n) is 18.7. The Balaban J connectivity index is 1.01. The number of hydrogen-bond donors (Lipinski definition) is 18. The van der Waals surface area contributed by atoms with Crippen molar-refractivity contribution >= 4 is 5.97 Å². The number of aliphatic hydroxyl groups excluding tert-OH is 18. The summed E-state index contributed by atoms with van der Waals surface area (Å²) in [7, 11) is 0. The summed E-state index contributed by atoms with van der Waals surface area (Å²) in [4.78, 5) is 12.3. The van der Waals surface area contributed by atoms with Crippen molar-refractivity contribution in [2.24, 2.45) is 0 Å². The van der Waals surface area contributed by atoms with Gasteiger partial charge in [-0.2, -0.15) is 0 Å². The zero-order valence-electron chi connectivity index (χ0n) is 54.3. The highest BCUT2D eigenvalue weighted by Gasteiger charge is 2.59. The van der Waals surface area contributed by atoms with Crippen LogP contribution in [0.25, 0.3) is 0 Å². The van der Waals surface area contributed by atoms with Crippen molar-refractivity contribution in [1.29, 1.82) is 0 Å². The van der Waals surface area contributed by atoms with Gasteiger partial charge in [-0.15, -0.1) is 0 Å². The molecular formula is C62H102O34. The van der Waals surface area contributed by atoms with Crippen molar-refractivity contribution in [2.45, 2.75) is 333 Å². The Labute approximate surface area is 554 Å². The highest BCUT2D eigenvalue weighted by molar-refractivity contribution is 5.72. The van der Waals surface area contributed by atoms with Crippen LogP contribution in [0.3, 0.4) is 0 Å². The molecule has 96 heavy (non-hydrogen) atoms. The first-order chi connectivity index (χ1) is 45.6. The minimum Gasteiger partial charge on any atom is -0.426 e. The summed E-state index contributed by atoms with van der Waals surface area (Å²) in [5.74, 6) is -0.152. The molecule has 7 aliphatic heterocycles. The number of ether oxygens (including phenoxy) is 15. The van der Waals surface area contributed by atoms with Crippen molar-refractivity contribution < 1.29 is 168 Å². The third kappa shape index (κ3) is 19.0. The molecule has 0 unspecified atom stereocenters. The minimum atomic E-state index is -2.27. The molecule has 0 saturated carbocycles. The summed E-state index contributed by atoms with van der Waals surface area (Å²) in [5, 5.41) is 200. The molecule has 34 nitrogen and oxygen atoms in total. The first-order valence-corrected chi connectivity index (χ1v) is 33.1. The fourth-order valence-corrected chi connectivity index (χ4v) is 12.8. The molecule has 0 spiro atoms. The maximum absolute atomic E-state index is 12.6. The second-order valence-electron chi connectivity index (χ2n) is 26.0. The number of para-hydroxylation sites is 1. The van der Waals surface area contributed by atoms with Gasteiger partial charge in [0.15, 0.2) is 44.0 Å². The van der Waals surface area contributed by atoms with Gasteiger partial charge in [-0.3, -0.25) is 4.79 Å². The number of esters is 1. The first kappa shape index (κ1) is 79.1. The van der Waals surface area contributed by atoms with Gasteiger partial charge in [0.05, 0.1) is 62.4 Å². The molecule has 7 saturated heterocycles. The summed E-state index contributed by atoms with van der Waals surface area (Å²) in [6, 6.07) is 8.55. The summed E-state index contributed by atoms with van der Waals surface area (Å²) < 4.78 is 90.5. The van der Waals surface area contributed by atoms with E-state index in [1.807, 2.05) is 6.92 Å². The van der Waals surface area contributed by atoms with Crippen LogP contribution in [0.1, 0.15) is 106 Å². The molecule has 8 rings (SSSR count). The minimum absolute atomic E-state index is 0.152. The SMILES string of the molecule is CCC[C@@H](CCCCCCC[C@H](O)CC(=O)Oc1ccccc1)O[C@@H]1O[C@H](C)[C@H](O)[C@H](O)[C@H]1O[C@@H]1O[C@H](CO)[C@@H](O)[C@H](O)[C@H]1O[C@@H]1O[C@@H](C)[C@H](O[C@@H]2O[C@H](C)[C@H](O)[C@H](O)[C@H]2O)[C@@H](O[C@@H]2O[C@H](CO)[C@@H](O)[C@H](O)[C@H]2O[C@@H]2O[C@H](C)[C@@H](O)[C@H](O[C@@H]3O[C@H](C)[C@H](O)[C@H](O)[C@H]3O)[C@H]2O)[C@H]1O. The van der Waals surface area contributed by atoms with E-state index in [2.05, 4.69) is 0 Å². The molecule has 1 aromatic rings. The second-order valence-corrected chi connectivity index (χ2v) is 26.0. The van der Waals surface area contributed by atoms with Crippen molar-refractivity contribution in [1.82, 2.24) is 0 Å². The van der Waals surface area contributed by atoms with Gasteiger partial charge in [-0.1, -0.05) is 63.6 Å². The number of unbranched alkanes of at least 4 members (excludes halogenated alkanes) is 4. The molecule has 0 amide bonds. The third-order valence-corrected chi connectivity index (χ3v) is 18.7. The van der Waals surface area contributed by atoms with Gasteiger partial charge in [0.1, 0.15) is 146 Å². The fraction of sp³-hybridized carbons (Fsp3) is 0.887. The molecule has 7 heterocycles. The fourth-order valence-electron chi connectivity index (χ4n) is 12.8. The summed E-state index contributed by atoms with van der Waals surface area (Å²) >= 11 is 0. The highest BCUT2D eigenvalue weighted by atomic mass is 16.8. The number of benzene rings is 1. The van der Waals surface area contributed by atoms with E-state index in [9.17, 15) is 96.7 Å². The average molecular weight is 1390 g/mol. The van der Waals surface area contributed by atoms with Crippen molar-refractivity contribution in [3.05, 3.63) is 30.3 Å². The Kier molecular flexibility index (Phi) is 29.7. The van der Waals surface area contributed by atoms with Gasteiger partial charge in [-0.25, -0.2) is 0 Å². The number of carbonyl (C=O) groups is 1. The lowest BCUT2D eigenvalue weighted by Crippen LogP contribution is -2.69. The molecule has 37 atom stereocenters. The van der Waals surface area contributed by atoms with Crippen LogP contribution in [0, 0.1) is 0 Å². The molecule has 0 aromatic heterocycles. The molecule has 554 valence electrons. The van der Waals surface area contributed by atoms with Crippen LogP contribution in [-0.2, 0) is 71.1 Å². The van der Waals surface area contributed by atoms with E-state index >= 15 is 0 Å². The van der Waals surface area contributed by atoms with Gasteiger partial charge in [-0.05, 0) is 66.0 Å². The van der Waals surface area contributed by atoms with E-state index in [1.165, 1.54) is 34.6 Å². The van der Waals surface area contributed by atoms with E-state index in [-0.39, 0.29) is 6.42 Å². The van der Waals surface area contributed by atoms with E-state index in [0.29, 0.717) is 44.3 Å². The lowest BCUT2D eigenvalue weighted by atomic mass is 9.95. The molecule has 0 bridgehead atoms. The monoisotopic (exact) mass is 1390 g/mol. The normalized spacial score (nSPS) is 46.3. The lowest BCUT2D eigenvalue weighted by Gasteiger charge is -2.51. The van der Waals surface area contributed by atoms with Gasteiger partial charge in [0.25, 0.3) is 0 Å². The quantitative estimate of drug-likeness (QED) is 0.0202. The Morgan fingerprint density at radius 2 is 0.771 bits per heavy atom. The number of hydrogen-bond acceptors (Lipinski definition) is 34. The number of carbonyl (C=O) groups excluding carboxylic acids is 1. The van der Waals surface area contributed by atoms with Gasteiger partial charge in [0, 0.05) is 0 Å². The van der Waals surface area contributed by atoms with E-state index in [1.54, 1.807) is 30.3 Å².